The van der Waals surface area contributed by atoms with Crippen LogP contribution < -0.4 is 10.2 Å². The van der Waals surface area contributed by atoms with Crippen molar-refractivity contribution >= 4 is 27.1 Å². The zero-order valence-corrected chi connectivity index (χ0v) is 18.0. The third-order valence-corrected chi connectivity index (χ3v) is 6.63. The first-order chi connectivity index (χ1) is 14.4. The number of carbonyl (C=O) groups is 1. The van der Waals surface area contributed by atoms with Crippen molar-refractivity contribution in [3.63, 3.8) is 0 Å². The zero-order valence-electron chi connectivity index (χ0n) is 17.2. The second kappa shape index (κ2) is 9.59. The van der Waals surface area contributed by atoms with E-state index in [1.165, 1.54) is 5.56 Å². The molecule has 0 fully saturated rings. The maximum atomic E-state index is 12.6. The van der Waals surface area contributed by atoms with Gasteiger partial charge in [0, 0.05) is 13.6 Å². The number of nitrogens with zero attached hydrogens (tertiary/aromatic N) is 1. The van der Waals surface area contributed by atoms with Gasteiger partial charge in [0.05, 0.1) is 28.4 Å². The molecule has 0 spiro atoms. The van der Waals surface area contributed by atoms with Gasteiger partial charge in [0.2, 0.25) is 5.91 Å². The summed E-state index contributed by atoms with van der Waals surface area (Å²) in [6.07, 6.45) is 0.170. The third-order valence-electron chi connectivity index (χ3n) is 4.88. The van der Waals surface area contributed by atoms with E-state index in [-0.39, 0.29) is 23.0 Å². The first-order valence-corrected chi connectivity index (χ1v) is 11.5. The van der Waals surface area contributed by atoms with Gasteiger partial charge in [-0.25, -0.2) is 8.42 Å². The molecule has 1 N–H and O–H groups in total. The number of hydrogen-bond acceptors (Lipinski definition) is 4. The average molecular weight is 423 g/mol. The van der Waals surface area contributed by atoms with E-state index >= 15 is 0 Å². The Morgan fingerprint density at radius 3 is 2.17 bits per heavy atom. The van der Waals surface area contributed by atoms with Gasteiger partial charge in [0.25, 0.3) is 0 Å². The van der Waals surface area contributed by atoms with E-state index in [4.69, 9.17) is 0 Å². The van der Waals surface area contributed by atoms with Crippen LogP contribution in [-0.4, -0.2) is 27.1 Å². The second-order valence-electron chi connectivity index (χ2n) is 7.13. The summed E-state index contributed by atoms with van der Waals surface area (Å²) >= 11 is 0. The maximum Gasteiger partial charge on any atom is 0.228 e. The number of carbonyl (C=O) groups excluding carboxylic acids is 1. The van der Waals surface area contributed by atoms with Crippen molar-refractivity contribution in [2.75, 3.05) is 23.0 Å². The average Bonchev–Trinajstić information content (AvgIpc) is 2.75. The number of sulfone groups is 1. The Labute approximate surface area is 178 Å². The van der Waals surface area contributed by atoms with Crippen molar-refractivity contribution in [3.05, 3.63) is 90.0 Å². The zero-order chi connectivity index (χ0) is 21.6. The first-order valence-electron chi connectivity index (χ1n) is 9.84. The van der Waals surface area contributed by atoms with Crippen molar-refractivity contribution in [2.45, 2.75) is 24.8 Å². The highest BCUT2D eigenvalue weighted by atomic mass is 32.2. The Morgan fingerprint density at radius 2 is 1.50 bits per heavy atom. The van der Waals surface area contributed by atoms with Crippen LogP contribution in [0, 0.1) is 0 Å². The summed E-state index contributed by atoms with van der Waals surface area (Å²) in [5.41, 5.74) is 3.62. The normalized spacial score (nSPS) is 11.1. The van der Waals surface area contributed by atoms with Crippen LogP contribution in [0.2, 0.25) is 0 Å². The molecule has 156 valence electrons. The summed E-state index contributed by atoms with van der Waals surface area (Å²) in [6.45, 7) is 2.34. The molecule has 0 radical (unpaired) electrons. The molecule has 0 bridgehead atoms. The summed E-state index contributed by atoms with van der Waals surface area (Å²) < 4.78 is 23.8. The van der Waals surface area contributed by atoms with Crippen LogP contribution in [0.4, 0.5) is 11.4 Å². The second-order valence-corrected chi connectivity index (χ2v) is 9.41. The fourth-order valence-electron chi connectivity index (χ4n) is 3.22. The molecule has 3 aromatic rings. The van der Waals surface area contributed by atoms with Gasteiger partial charge < -0.3 is 10.2 Å². The van der Waals surface area contributed by atoms with Crippen LogP contribution >= 0.6 is 0 Å². The highest BCUT2D eigenvalue weighted by Gasteiger charge is 2.13. The van der Waals surface area contributed by atoms with E-state index in [2.05, 4.69) is 22.3 Å². The SMILES string of the molecule is CCS(=O)(=O)c1ccc(CC(=O)Nc2ccccc2N(C)Cc2ccccc2)cc1. The van der Waals surface area contributed by atoms with Crippen LogP contribution in [0.3, 0.4) is 0 Å². The molecule has 3 aromatic carbocycles. The third kappa shape index (κ3) is 5.48. The van der Waals surface area contributed by atoms with Crippen LogP contribution in [0.15, 0.2) is 83.8 Å². The first kappa shape index (κ1) is 21.6. The Hall–Kier alpha value is -3.12. The smallest absolute Gasteiger partial charge is 0.228 e. The quantitative estimate of drug-likeness (QED) is 0.588. The molecule has 3 rings (SSSR count). The summed E-state index contributed by atoms with van der Waals surface area (Å²) in [5, 5.41) is 2.98. The summed E-state index contributed by atoms with van der Waals surface area (Å²) in [4.78, 5) is 15.0. The number of anilines is 2. The van der Waals surface area contributed by atoms with E-state index in [0.717, 1.165) is 23.5 Å². The molecule has 0 saturated heterocycles. The summed E-state index contributed by atoms with van der Waals surface area (Å²) in [7, 11) is -1.25. The molecule has 6 heteroatoms. The Kier molecular flexibility index (Phi) is 6.90. The molecule has 0 unspecified atom stereocenters. The van der Waals surface area contributed by atoms with E-state index in [1.54, 1.807) is 31.2 Å². The standard InChI is InChI=1S/C24H26N2O3S/c1-3-30(28,29)21-15-13-19(14-16-21)17-24(27)25-22-11-7-8-12-23(22)26(2)18-20-9-5-4-6-10-20/h4-16H,3,17-18H2,1-2H3,(H,25,27). The van der Waals surface area contributed by atoms with Crippen molar-refractivity contribution in [3.8, 4) is 0 Å². The van der Waals surface area contributed by atoms with Gasteiger partial charge >= 0.3 is 0 Å². The largest absolute Gasteiger partial charge is 0.369 e. The minimum Gasteiger partial charge on any atom is -0.369 e. The Morgan fingerprint density at radius 1 is 0.867 bits per heavy atom. The lowest BCUT2D eigenvalue weighted by Gasteiger charge is -2.23. The molecular weight excluding hydrogens is 396 g/mol. The maximum absolute atomic E-state index is 12.6. The highest BCUT2D eigenvalue weighted by molar-refractivity contribution is 7.91. The van der Waals surface area contributed by atoms with Crippen LogP contribution in [0.1, 0.15) is 18.1 Å². The van der Waals surface area contributed by atoms with Gasteiger partial charge in [-0.3, -0.25) is 4.79 Å². The van der Waals surface area contributed by atoms with Crippen LogP contribution in [0.25, 0.3) is 0 Å². The van der Waals surface area contributed by atoms with E-state index < -0.39 is 9.84 Å². The Bertz CT molecular complexity index is 1090. The topological polar surface area (TPSA) is 66.5 Å². The number of benzene rings is 3. The van der Waals surface area contributed by atoms with Gasteiger partial charge in [-0.15, -0.1) is 0 Å². The van der Waals surface area contributed by atoms with Gasteiger partial charge in [-0.2, -0.15) is 0 Å². The molecule has 0 atom stereocenters. The van der Waals surface area contributed by atoms with Crippen molar-refractivity contribution in [1.82, 2.24) is 0 Å². The van der Waals surface area contributed by atoms with E-state index in [0.29, 0.717) is 0 Å². The lowest BCUT2D eigenvalue weighted by molar-refractivity contribution is -0.115. The van der Waals surface area contributed by atoms with Crippen LogP contribution in [-0.2, 0) is 27.6 Å². The van der Waals surface area contributed by atoms with Crippen molar-refractivity contribution < 1.29 is 13.2 Å². The molecule has 0 aliphatic heterocycles. The van der Waals surface area contributed by atoms with Gasteiger partial charge in [0.15, 0.2) is 9.84 Å². The minimum atomic E-state index is -3.24. The van der Waals surface area contributed by atoms with Crippen molar-refractivity contribution in [2.24, 2.45) is 0 Å². The number of rotatable bonds is 8. The number of amides is 1. The predicted octanol–water partition coefficient (Wildman–Crippen LogP) is 4.30. The van der Waals surface area contributed by atoms with Gasteiger partial charge in [-0.1, -0.05) is 61.5 Å². The molecular formula is C24H26N2O3S. The predicted molar refractivity (Wildman–Crippen MR) is 121 cm³/mol. The fraction of sp³-hybridized carbons (Fsp3) is 0.208. The Balaban J connectivity index is 1.68. The molecule has 0 aliphatic rings. The minimum absolute atomic E-state index is 0.0557. The number of para-hydroxylation sites is 2. The van der Waals surface area contributed by atoms with Crippen molar-refractivity contribution in [1.29, 1.82) is 0 Å². The molecule has 30 heavy (non-hydrogen) atoms. The monoisotopic (exact) mass is 422 g/mol. The molecule has 0 saturated carbocycles. The molecule has 5 nitrogen and oxygen atoms in total. The number of hydrogen-bond donors (Lipinski definition) is 1. The molecule has 0 aliphatic carbocycles. The molecule has 0 aromatic heterocycles. The lowest BCUT2D eigenvalue weighted by atomic mass is 10.1. The fourth-order valence-corrected chi connectivity index (χ4v) is 4.10. The van der Waals surface area contributed by atoms with Crippen LogP contribution in [0.5, 0.6) is 0 Å². The lowest BCUT2D eigenvalue weighted by Crippen LogP contribution is -2.21. The van der Waals surface area contributed by atoms with E-state index in [9.17, 15) is 13.2 Å². The highest BCUT2D eigenvalue weighted by Crippen LogP contribution is 2.26. The summed E-state index contributed by atoms with van der Waals surface area (Å²) in [6, 6.07) is 24.3. The number of nitrogens with one attached hydrogen (secondary N) is 1. The summed E-state index contributed by atoms with van der Waals surface area (Å²) in [5.74, 6) is -0.0956. The van der Waals surface area contributed by atoms with Gasteiger partial charge in [-0.05, 0) is 35.4 Å². The van der Waals surface area contributed by atoms with Gasteiger partial charge in [0.1, 0.15) is 0 Å². The van der Waals surface area contributed by atoms with E-state index in [1.807, 2.05) is 49.5 Å². The molecule has 1 amide bonds. The molecule has 0 heterocycles.